The van der Waals surface area contributed by atoms with Crippen LogP contribution in [0.5, 0.6) is 0 Å². The molecule has 0 fully saturated rings. The van der Waals surface area contributed by atoms with Crippen LogP contribution in [0.25, 0.3) is 0 Å². The molecule has 2 N–H and O–H groups in total. The van der Waals surface area contributed by atoms with Gasteiger partial charge in [-0.05, 0) is 31.7 Å². The summed E-state index contributed by atoms with van der Waals surface area (Å²) in [6.45, 7) is 0.739. The van der Waals surface area contributed by atoms with Crippen LogP contribution in [0.2, 0.25) is 0 Å². The van der Waals surface area contributed by atoms with Gasteiger partial charge in [-0.3, -0.25) is 4.98 Å². The summed E-state index contributed by atoms with van der Waals surface area (Å²) in [5.74, 6) is 0. The van der Waals surface area contributed by atoms with Crippen molar-refractivity contribution in [3.63, 3.8) is 0 Å². The molecule has 1 aliphatic carbocycles. The Morgan fingerprint density at radius 3 is 3.00 bits per heavy atom. The summed E-state index contributed by atoms with van der Waals surface area (Å²) in [6.07, 6.45) is 8.34. The van der Waals surface area contributed by atoms with E-state index in [1.807, 2.05) is 18.5 Å². The first-order valence-electron chi connectivity index (χ1n) is 6.52. The number of nitrogens with zero attached hydrogens (tertiary/aromatic N) is 3. The highest BCUT2D eigenvalue weighted by atomic mass is 32.1. The van der Waals surface area contributed by atoms with E-state index in [9.17, 15) is 0 Å². The maximum absolute atomic E-state index is 5.73. The van der Waals surface area contributed by atoms with E-state index < -0.39 is 0 Å². The molecule has 0 aromatic carbocycles. The molecule has 19 heavy (non-hydrogen) atoms. The van der Waals surface area contributed by atoms with Crippen LogP contribution >= 0.6 is 12.2 Å². The minimum atomic E-state index is 0.351. The molecular weight excluding hydrogens is 256 g/mol. The van der Waals surface area contributed by atoms with Crippen molar-refractivity contribution in [3.05, 3.63) is 47.3 Å². The number of aromatic nitrogens is 3. The number of nitrogens with two attached hydrogens (primary N) is 1. The molecule has 0 saturated heterocycles. The van der Waals surface area contributed by atoms with Crippen LogP contribution in [0, 0.1) is 0 Å². The molecule has 0 unspecified atom stereocenters. The van der Waals surface area contributed by atoms with Gasteiger partial charge in [0.1, 0.15) is 10.7 Å². The van der Waals surface area contributed by atoms with E-state index in [4.69, 9.17) is 18.0 Å². The summed E-state index contributed by atoms with van der Waals surface area (Å²) in [7, 11) is 0. The number of pyridine rings is 1. The predicted molar refractivity (Wildman–Crippen MR) is 78.1 cm³/mol. The fourth-order valence-corrected chi connectivity index (χ4v) is 2.82. The number of hydrogen-bond donors (Lipinski definition) is 1. The van der Waals surface area contributed by atoms with Crippen LogP contribution < -0.4 is 5.73 Å². The third kappa shape index (κ3) is 2.38. The van der Waals surface area contributed by atoms with Crippen LogP contribution in [0.1, 0.15) is 35.5 Å². The van der Waals surface area contributed by atoms with Gasteiger partial charge in [0.05, 0.1) is 18.6 Å². The van der Waals surface area contributed by atoms with Crippen molar-refractivity contribution in [3.8, 4) is 0 Å². The molecule has 0 spiro atoms. The third-order valence-corrected chi connectivity index (χ3v) is 3.77. The molecule has 3 rings (SSSR count). The van der Waals surface area contributed by atoms with Crippen molar-refractivity contribution >= 4 is 17.2 Å². The smallest absolute Gasteiger partial charge is 0.123 e. The highest BCUT2D eigenvalue weighted by Gasteiger charge is 2.16. The van der Waals surface area contributed by atoms with Crippen LogP contribution in [0.4, 0.5) is 0 Å². The van der Waals surface area contributed by atoms with Crippen molar-refractivity contribution < 1.29 is 0 Å². The van der Waals surface area contributed by atoms with E-state index in [0.717, 1.165) is 30.6 Å². The molecule has 0 radical (unpaired) electrons. The number of hydrogen-bond acceptors (Lipinski definition) is 3. The molecule has 2 aromatic heterocycles. The fourth-order valence-electron chi connectivity index (χ4n) is 2.64. The summed E-state index contributed by atoms with van der Waals surface area (Å²) < 4.78 is 2.20. The van der Waals surface area contributed by atoms with Gasteiger partial charge in [-0.15, -0.1) is 0 Å². The van der Waals surface area contributed by atoms with Crippen LogP contribution in [-0.4, -0.2) is 19.5 Å². The average molecular weight is 272 g/mol. The molecule has 0 amide bonds. The number of aryl methyl sites for hydroxylation is 1. The Morgan fingerprint density at radius 2 is 2.16 bits per heavy atom. The quantitative estimate of drug-likeness (QED) is 0.866. The van der Waals surface area contributed by atoms with Gasteiger partial charge in [0, 0.05) is 17.5 Å². The molecule has 1 aliphatic rings. The minimum Gasteiger partial charge on any atom is -0.388 e. The van der Waals surface area contributed by atoms with Crippen molar-refractivity contribution in [2.45, 2.75) is 32.2 Å². The highest BCUT2D eigenvalue weighted by Crippen LogP contribution is 2.21. The first kappa shape index (κ1) is 12.3. The molecule has 2 heterocycles. The second-order valence-corrected chi connectivity index (χ2v) is 5.29. The average Bonchev–Trinajstić information content (AvgIpc) is 2.83. The molecular formula is C14H16N4S. The monoisotopic (exact) mass is 272 g/mol. The van der Waals surface area contributed by atoms with Crippen molar-refractivity contribution in [1.82, 2.24) is 14.5 Å². The number of fused-ring (bicyclic) bond motifs is 1. The largest absolute Gasteiger partial charge is 0.388 e. The van der Waals surface area contributed by atoms with Gasteiger partial charge < -0.3 is 10.3 Å². The lowest BCUT2D eigenvalue weighted by Crippen LogP contribution is -2.17. The highest BCUT2D eigenvalue weighted by molar-refractivity contribution is 7.80. The Bertz CT molecular complexity index is 618. The summed E-state index contributed by atoms with van der Waals surface area (Å²) in [4.78, 5) is 9.13. The fraction of sp³-hybridized carbons (Fsp3) is 0.357. The molecule has 0 saturated carbocycles. The van der Waals surface area contributed by atoms with Gasteiger partial charge >= 0.3 is 0 Å². The zero-order chi connectivity index (χ0) is 13.2. The number of rotatable bonds is 3. The summed E-state index contributed by atoms with van der Waals surface area (Å²) in [5.41, 5.74) is 10.1. The molecule has 5 heteroatoms. The molecule has 98 valence electrons. The lowest BCUT2D eigenvalue weighted by Gasteiger charge is -2.15. The summed E-state index contributed by atoms with van der Waals surface area (Å²) in [5, 5.41) is 0. The van der Waals surface area contributed by atoms with E-state index in [1.54, 1.807) is 6.20 Å². The van der Waals surface area contributed by atoms with Crippen molar-refractivity contribution in [2.75, 3.05) is 0 Å². The topological polar surface area (TPSA) is 56.7 Å². The van der Waals surface area contributed by atoms with E-state index in [2.05, 4.69) is 14.5 Å². The maximum atomic E-state index is 5.73. The van der Waals surface area contributed by atoms with Gasteiger partial charge in [-0.2, -0.15) is 0 Å². The Morgan fingerprint density at radius 1 is 1.32 bits per heavy atom. The van der Waals surface area contributed by atoms with Crippen LogP contribution in [0.15, 0.2) is 24.7 Å². The van der Waals surface area contributed by atoms with Gasteiger partial charge in [0.25, 0.3) is 0 Å². The van der Waals surface area contributed by atoms with Gasteiger partial charge in [-0.25, -0.2) is 4.98 Å². The number of imidazole rings is 1. The SMILES string of the molecule is NC(=S)c1ncccc1Cn1cnc2c1CCCC2. The number of thiocarbonyl (C=S) groups is 1. The Balaban J connectivity index is 1.94. The van der Waals surface area contributed by atoms with Gasteiger partial charge in [0.15, 0.2) is 0 Å². The standard InChI is InChI=1S/C14H16N4S/c15-14(19)13-10(4-3-7-16-13)8-18-9-17-11-5-1-2-6-12(11)18/h3-4,7,9H,1-2,5-6,8H2,(H2,15,19). The zero-order valence-electron chi connectivity index (χ0n) is 10.7. The van der Waals surface area contributed by atoms with E-state index in [1.165, 1.54) is 24.2 Å². The molecule has 4 nitrogen and oxygen atoms in total. The zero-order valence-corrected chi connectivity index (χ0v) is 11.5. The minimum absolute atomic E-state index is 0.351. The lowest BCUT2D eigenvalue weighted by molar-refractivity contribution is 0.628. The van der Waals surface area contributed by atoms with E-state index >= 15 is 0 Å². The van der Waals surface area contributed by atoms with E-state index in [-0.39, 0.29) is 0 Å². The van der Waals surface area contributed by atoms with Crippen molar-refractivity contribution in [2.24, 2.45) is 5.73 Å². The van der Waals surface area contributed by atoms with Gasteiger partial charge in [0.2, 0.25) is 0 Å². The van der Waals surface area contributed by atoms with Crippen LogP contribution in [0.3, 0.4) is 0 Å². The normalized spacial score (nSPS) is 14.1. The molecule has 0 atom stereocenters. The Labute approximate surface area is 117 Å². The first-order chi connectivity index (χ1) is 9.25. The predicted octanol–water partition coefficient (Wildman–Crippen LogP) is 1.84. The second-order valence-electron chi connectivity index (χ2n) is 4.85. The van der Waals surface area contributed by atoms with Gasteiger partial charge in [-0.1, -0.05) is 18.3 Å². The molecule has 0 aliphatic heterocycles. The lowest BCUT2D eigenvalue weighted by atomic mass is 10.0. The third-order valence-electron chi connectivity index (χ3n) is 3.58. The Hall–Kier alpha value is -1.75. The molecule has 0 bridgehead atoms. The summed E-state index contributed by atoms with van der Waals surface area (Å²) >= 11 is 5.06. The Kier molecular flexibility index (Phi) is 3.29. The molecule has 2 aromatic rings. The summed E-state index contributed by atoms with van der Waals surface area (Å²) in [6, 6.07) is 3.94. The second kappa shape index (κ2) is 5.09. The van der Waals surface area contributed by atoms with Crippen LogP contribution in [-0.2, 0) is 19.4 Å². The van der Waals surface area contributed by atoms with Crippen molar-refractivity contribution in [1.29, 1.82) is 0 Å². The van der Waals surface area contributed by atoms with E-state index in [0.29, 0.717) is 4.99 Å². The maximum Gasteiger partial charge on any atom is 0.123 e. The first-order valence-corrected chi connectivity index (χ1v) is 6.93.